The summed E-state index contributed by atoms with van der Waals surface area (Å²) in [6.07, 6.45) is 5.26. The molecule has 5 heteroatoms. The molecule has 0 amide bonds. The van der Waals surface area contributed by atoms with Crippen molar-refractivity contribution in [2.75, 3.05) is 5.01 Å². The van der Waals surface area contributed by atoms with Crippen molar-refractivity contribution < 1.29 is 0 Å². The Hall–Kier alpha value is -2.53. The SMILES string of the molecule is Brc1ccc(CN(/N=C/c2ccccn2)c2ccccn2)cc1. The second kappa shape index (κ2) is 7.65. The third-order valence-corrected chi connectivity index (χ3v) is 3.71. The monoisotopic (exact) mass is 366 g/mol. The van der Waals surface area contributed by atoms with Crippen LogP contribution < -0.4 is 5.01 Å². The molecule has 0 atom stereocenters. The third kappa shape index (κ3) is 4.47. The van der Waals surface area contributed by atoms with Crippen LogP contribution in [0.1, 0.15) is 11.3 Å². The molecule has 0 spiro atoms. The highest BCUT2D eigenvalue weighted by Gasteiger charge is 2.07. The van der Waals surface area contributed by atoms with Gasteiger partial charge in [-0.25, -0.2) is 9.99 Å². The number of hydrazone groups is 1. The van der Waals surface area contributed by atoms with Crippen LogP contribution in [-0.2, 0) is 6.54 Å². The van der Waals surface area contributed by atoms with Gasteiger partial charge in [0, 0.05) is 16.9 Å². The molecule has 3 rings (SSSR count). The molecule has 0 unspecified atom stereocenters. The summed E-state index contributed by atoms with van der Waals surface area (Å²) in [5, 5.41) is 6.41. The quantitative estimate of drug-likeness (QED) is 0.499. The zero-order valence-electron chi connectivity index (χ0n) is 12.4. The first-order valence-corrected chi connectivity index (χ1v) is 7.98. The van der Waals surface area contributed by atoms with Crippen molar-refractivity contribution >= 4 is 28.0 Å². The molecule has 0 radical (unpaired) electrons. The van der Waals surface area contributed by atoms with Gasteiger partial charge in [-0.1, -0.05) is 40.2 Å². The number of aromatic nitrogens is 2. The lowest BCUT2D eigenvalue weighted by Crippen LogP contribution is -2.17. The lowest BCUT2D eigenvalue weighted by molar-refractivity contribution is 0.837. The molecule has 0 aliphatic carbocycles. The summed E-state index contributed by atoms with van der Waals surface area (Å²) < 4.78 is 1.06. The highest BCUT2D eigenvalue weighted by Crippen LogP contribution is 2.16. The molecule has 4 nitrogen and oxygen atoms in total. The van der Waals surface area contributed by atoms with Crippen LogP contribution in [0.15, 0.2) is 82.6 Å². The van der Waals surface area contributed by atoms with Gasteiger partial charge in [0.1, 0.15) is 5.82 Å². The maximum Gasteiger partial charge on any atom is 0.149 e. The third-order valence-electron chi connectivity index (χ3n) is 3.18. The molecule has 0 N–H and O–H groups in total. The molecular weight excluding hydrogens is 352 g/mol. The van der Waals surface area contributed by atoms with E-state index in [0.29, 0.717) is 6.54 Å². The summed E-state index contributed by atoms with van der Waals surface area (Å²) >= 11 is 3.45. The molecule has 0 saturated carbocycles. The molecule has 2 heterocycles. The molecular formula is C18H15BrN4. The van der Waals surface area contributed by atoms with E-state index in [9.17, 15) is 0 Å². The summed E-state index contributed by atoms with van der Waals surface area (Å²) in [5.74, 6) is 0.794. The van der Waals surface area contributed by atoms with Crippen LogP contribution in [0.25, 0.3) is 0 Å². The number of pyridine rings is 2. The van der Waals surface area contributed by atoms with Crippen molar-refractivity contribution in [1.82, 2.24) is 9.97 Å². The first-order valence-electron chi connectivity index (χ1n) is 7.19. The minimum atomic E-state index is 0.633. The van der Waals surface area contributed by atoms with Gasteiger partial charge in [0.15, 0.2) is 0 Å². The van der Waals surface area contributed by atoms with E-state index in [1.165, 1.54) is 0 Å². The van der Waals surface area contributed by atoms with Gasteiger partial charge < -0.3 is 0 Å². The molecule has 0 bridgehead atoms. The number of rotatable bonds is 5. The van der Waals surface area contributed by atoms with Gasteiger partial charge in [-0.2, -0.15) is 5.10 Å². The minimum Gasteiger partial charge on any atom is -0.255 e. The number of halogens is 1. The number of nitrogens with zero attached hydrogens (tertiary/aromatic N) is 4. The van der Waals surface area contributed by atoms with E-state index < -0.39 is 0 Å². The average molecular weight is 367 g/mol. The molecule has 23 heavy (non-hydrogen) atoms. The lowest BCUT2D eigenvalue weighted by Gasteiger charge is -2.18. The Kier molecular flexibility index (Phi) is 5.11. The van der Waals surface area contributed by atoms with Gasteiger partial charge in [-0.05, 0) is 42.0 Å². The Bertz CT molecular complexity index is 758. The molecule has 2 aromatic heterocycles. The van der Waals surface area contributed by atoms with E-state index in [4.69, 9.17) is 0 Å². The van der Waals surface area contributed by atoms with Gasteiger partial charge in [-0.3, -0.25) is 4.98 Å². The van der Waals surface area contributed by atoms with Crippen molar-refractivity contribution in [2.45, 2.75) is 6.54 Å². The first kappa shape index (κ1) is 15.4. The lowest BCUT2D eigenvalue weighted by atomic mass is 10.2. The van der Waals surface area contributed by atoms with E-state index in [2.05, 4.69) is 43.1 Å². The van der Waals surface area contributed by atoms with Gasteiger partial charge in [0.25, 0.3) is 0 Å². The standard InChI is InChI=1S/C18H15BrN4/c19-16-9-7-15(8-10-16)14-23(18-6-2-4-12-21-18)22-13-17-5-1-3-11-20-17/h1-13H,14H2/b22-13+. The Morgan fingerprint density at radius 2 is 1.65 bits per heavy atom. The maximum atomic E-state index is 4.55. The zero-order valence-corrected chi connectivity index (χ0v) is 14.0. The highest BCUT2D eigenvalue weighted by molar-refractivity contribution is 9.10. The number of hydrogen-bond donors (Lipinski definition) is 0. The smallest absolute Gasteiger partial charge is 0.149 e. The Labute approximate surface area is 143 Å². The second-order valence-electron chi connectivity index (χ2n) is 4.87. The molecule has 114 valence electrons. The predicted octanol–water partition coefficient (Wildman–Crippen LogP) is 4.28. The van der Waals surface area contributed by atoms with Gasteiger partial charge in [-0.15, -0.1) is 0 Å². The zero-order chi connectivity index (χ0) is 15.9. The summed E-state index contributed by atoms with van der Waals surface area (Å²) in [4.78, 5) is 8.65. The fourth-order valence-electron chi connectivity index (χ4n) is 2.03. The predicted molar refractivity (Wildman–Crippen MR) is 96.4 cm³/mol. The number of hydrogen-bond acceptors (Lipinski definition) is 4. The summed E-state index contributed by atoms with van der Waals surface area (Å²) in [6, 6.07) is 19.7. The van der Waals surface area contributed by atoms with Crippen LogP contribution in [-0.4, -0.2) is 16.2 Å². The van der Waals surface area contributed by atoms with Crippen LogP contribution in [0.4, 0.5) is 5.82 Å². The van der Waals surface area contributed by atoms with Crippen molar-refractivity contribution in [3.63, 3.8) is 0 Å². The number of anilines is 1. The molecule has 0 saturated heterocycles. The molecule has 0 fully saturated rings. The minimum absolute atomic E-state index is 0.633. The van der Waals surface area contributed by atoms with E-state index in [0.717, 1.165) is 21.5 Å². The number of benzene rings is 1. The van der Waals surface area contributed by atoms with Crippen LogP contribution in [0.3, 0.4) is 0 Å². The van der Waals surface area contributed by atoms with E-state index in [1.54, 1.807) is 18.6 Å². The van der Waals surface area contributed by atoms with Crippen molar-refractivity contribution in [2.24, 2.45) is 5.10 Å². The molecule has 0 aliphatic heterocycles. The van der Waals surface area contributed by atoms with Crippen LogP contribution >= 0.6 is 15.9 Å². The Morgan fingerprint density at radius 1 is 0.913 bits per heavy atom. The summed E-state index contributed by atoms with van der Waals surface area (Å²) in [6.45, 7) is 0.633. The van der Waals surface area contributed by atoms with Gasteiger partial charge >= 0.3 is 0 Å². The Morgan fingerprint density at radius 3 is 2.30 bits per heavy atom. The van der Waals surface area contributed by atoms with Gasteiger partial charge in [0.05, 0.1) is 18.5 Å². The average Bonchev–Trinajstić information content (AvgIpc) is 2.62. The molecule has 3 aromatic rings. The highest BCUT2D eigenvalue weighted by atomic mass is 79.9. The summed E-state index contributed by atoms with van der Waals surface area (Å²) in [5.41, 5.74) is 1.96. The topological polar surface area (TPSA) is 41.4 Å². The van der Waals surface area contributed by atoms with E-state index in [-0.39, 0.29) is 0 Å². The largest absolute Gasteiger partial charge is 0.255 e. The second-order valence-corrected chi connectivity index (χ2v) is 5.79. The normalized spacial score (nSPS) is 10.8. The van der Waals surface area contributed by atoms with Crippen molar-refractivity contribution in [3.8, 4) is 0 Å². The van der Waals surface area contributed by atoms with Crippen molar-refractivity contribution in [3.05, 3.63) is 88.8 Å². The van der Waals surface area contributed by atoms with Crippen LogP contribution in [0.2, 0.25) is 0 Å². The van der Waals surface area contributed by atoms with E-state index >= 15 is 0 Å². The Balaban J connectivity index is 1.85. The van der Waals surface area contributed by atoms with Crippen LogP contribution in [0, 0.1) is 0 Å². The fourth-order valence-corrected chi connectivity index (χ4v) is 2.30. The fraction of sp³-hybridized carbons (Fsp3) is 0.0556. The van der Waals surface area contributed by atoms with Crippen LogP contribution in [0.5, 0.6) is 0 Å². The first-order chi connectivity index (χ1) is 11.3. The molecule has 1 aromatic carbocycles. The molecule has 0 aliphatic rings. The maximum absolute atomic E-state index is 4.55. The van der Waals surface area contributed by atoms with Crippen molar-refractivity contribution in [1.29, 1.82) is 0 Å². The van der Waals surface area contributed by atoms with E-state index in [1.807, 2.05) is 53.5 Å². The van der Waals surface area contributed by atoms with Gasteiger partial charge in [0.2, 0.25) is 0 Å². The summed E-state index contributed by atoms with van der Waals surface area (Å²) in [7, 11) is 0.